The van der Waals surface area contributed by atoms with Gasteiger partial charge >= 0.3 is 0 Å². The number of aromatic nitrogens is 4. The zero-order chi connectivity index (χ0) is 27.1. The van der Waals surface area contributed by atoms with Crippen LogP contribution in [0.3, 0.4) is 0 Å². The van der Waals surface area contributed by atoms with Crippen LogP contribution < -0.4 is 20.0 Å². The van der Waals surface area contributed by atoms with Gasteiger partial charge in [-0.3, -0.25) is 0 Å². The highest BCUT2D eigenvalue weighted by Gasteiger charge is 2.20. The number of para-hydroxylation sites is 1. The molecule has 9 heteroatoms. The zero-order valence-corrected chi connectivity index (χ0v) is 23.3. The van der Waals surface area contributed by atoms with Crippen LogP contribution >= 0.6 is 0 Å². The third-order valence-corrected chi connectivity index (χ3v) is 7.67. The van der Waals surface area contributed by atoms with Crippen LogP contribution in [0.2, 0.25) is 0 Å². The average molecular weight is 539 g/mol. The summed E-state index contributed by atoms with van der Waals surface area (Å²) in [4.78, 5) is 18.9. The predicted octanol–water partition coefficient (Wildman–Crippen LogP) is 5.64. The van der Waals surface area contributed by atoms with Crippen LogP contribution in [0.15, 0.2) is 59.8 Å². The van der Waals surface area contributed by atoms with E-state index in [1.807, 2.05) is 18.3 Å². The van der Waals surface area contributed by atoms with Gasteiger partial charge in [0.1, 0.15) is 12.4 Å². The van der Waals surface area contributed by atoms with Crippen LogP contribution in [-0.2, 0) is 6.54 Å². The molecule has 208 valence electrons. The summed E-state index contributed by atoms with van der Waals surface area (Å²) >= 11 is 0. The van der Waals surface area contributed by atoms with E-state index in [1.54, 1.807) is 0 Å². The fourth-order valence-corrected chi connectivity index (χ4v) is 5.56. The third kappa shape index (κ3) is 6.19. The van der Waals surface area contributed by atoms with Gasteiger partial charge in [-0.1, -0.05) is 30.3 Å². The Hall–Kier alpha value is -4.14. The van der Waals surface area contributed by atoms with Gasteiger partial charge < -0.3 is 19.1 Å². The summed E-state index contributed by atoms with van der Waals surface area (Å²) in [5.74, 6) is 2.88. The first-order valence-electron chi connectivity index (χ1n) is 14.6. The largest absolute Gasteiger partial charge is 0.492 e. The SMILES string of the molecule is Cc1cccc(OCCn2cc(/C=N/Nc3nc(N4CCCCC4)nc(N4CCCCC4)n3)c3ccccc32)c1. The number of aryl methyl sites for hydroxylation is 1. The fraction of sp³-hybridized carbons (Fsp3) is 0.419. The molecule has 0 radical (unpaired) electrons. The Morgan fingerprint density at radius 2 is 1.55 bits per heavy atom. The van der Waals surface area contributed by atoms with Gasteiger partial charge in [-0.15, -0.1) is 0 Å². The molecule has 1 N–H and O–H groups in total. The summed E-state index contributed by atoms with van der Waals surface area (Å²) in [5, 5.41) is 5.72. The van der Waals surface area contributed by atoms with Crippen molar-refractivity contribution in [1.29, 1.82) is 0 Å². The van der Waals surface area contributed by atoms with Gasteiger partial charge in [0.2, 0.25) is 17.8 Å². The number of rotatable bonds is 9. The van der Waals surface area contributed by atoms with Crippen molar-refractivity contribution in [2.75, 3.05) is 48.0 Å². The van der Waals surface area contributed by atoms with E-state index in [-0.39, 0.29) is 0 Å². The maximum absolute atomic E-state index is 6.01. The summed E-state index contributed by atoms with van der Waals surface area (Å²) in [6.45, 7) is 7.34. The van der Waals surface area contributed by atoms with E-state index in [1.165, 1.54) is 44.1 Å². The average Bonchev–Trinajstić information content (AvgIpc) is 3.35. The Kier molecular flexibility index (Phi) is 8.07. The molecule has 0 spiro atoms. The minimum Gasteiger partial charge on any atom is -0.492 e. The van der Waals surface area contributed by atoms with Gasteiger partial charge in [0.25, 0.3) is 0 Å². The van der Waals surface area contributed by atoms with Gasteiger partial charge in [0.15, 0.2) is 0 Å². The minimum atomic E-state index is 0.489. The molecular formula is C31H38N8O. The normalized spacial score (nSPS) is 16.1. The molecule has 2 saturated heterocycles. The van der Waals surface area contributed by atoms with E-state index in [0.717, 1.165) is 66.8 Å². The van der Waals surface area contributed by atoms with Crippen molar-refractivity contribution in [1.82, 2.24) is 19.5 Å². The molecule has 0 aliphatic carbocycles. The summed E-state index contributed by atoms with van der Waals surface area (Å²) in [7, 11) is 0. The Bertz CT molecular complexity index is 1420. The van der Waals surface area contributed by atoms with E-state index >= 15 is 0 Å². The molecule has 0 bridgehead atoms. The van der Waals surface area contributed by atoms with E-state index in [9.17, 15) is 0 Å². The van der Waals surface area contributed by atoms with Crippen LogP contribution in [0, 0.1) is 6.92 Å². The third-order valence-electron chi connectivity index (χ3n) is 7.67. The molecule has 6 rings (SSSR count). The highest BCUT2D eigenvalue weighted by Crippen LogP contribution is 2.23. The van der Waals surface area contributed by atoms with Crippen molar-refractivity contribution >= 4 is 35.0 Å². The summed E-state index contributed by atoms with van der Waals surface area (Å²) < 4.78 is 8.23. The number of hydrogen-bond acceptors (Lipinski definition) is 8. The molecule has 2 aromatic carbocycles. The fourth-order valence-electron chi connectivity index (χ4n) is 5.56. The van der Waals surface area contributed by atoms with Gasteiger partial charge in [-0.2, -0.15) is 20.1 Å². The van der Waals surface area contributed by atoms with Gasteiger partial charge in [0, 0.05) is 48.8 Å². The maximum atomic E-state index is 6.01. The van der Waals surface area contributed by atoms with E-state index < -0.39 is 0 Å². The number of nitrogens with zero attached hydrogens (tertiary/aromatic N) is 7. The lowest BCUT2D eigenvalue weighted by molar-refractivity contribution is 0.300. The van der Waals surface area contributed by atoms with Crippen LogP contribution in [0.1, 0.15) is 49.7 Å². The molecule has 2 aliphatic rings. The highest BCUT2D eigenvalue weighted by atomic mass is 16.5. The van der Waals surface area contributed by atoms with Gasteiger partial charge in [-0.25, -0.2) is 5.43 Å². The van der Waals surface area contributed by atoms with Crippen LogP contribution in [0.25, 0.3) is 10.9 Å². The second-order valence-electron chi connectivity index (χ2n) is 10.7. The van der Waals surface area contributed by atoms with Gasteiger partial charge in [-0.05, 0) is 69.2 Å². The predicted molar refractivity (Wildman–Crippen MR) is 162 cm³/mol. The molecule has 2 aliphatic heterocycles. The molecule has 2 aromatic heterocycles. The Morgan fingerprint density at radius 3 is 2.25 bits per heavy atom. The lowest BCUT2D eigenvalue weighted by Gasteiger charge is -2.30. The number of nitrogens with one attached hydrogen (secondary N) is 1. The van der Waals surface area contributed by atoms with Crippen LogP contribution in [0.4, 0.5) is 17.8 Å². The number of piperidine rings is 2. The number of fused-ring (bicyclic) bond motifs is 1. The molecule has 0 unspecified atom stereocenters. The molecule has 4 aromatic rings. The Morgan fingerprint density at radius 1 is 0.850 bits per heavy atom. The molecule has 0 amide bonds. The lowest BCUT2D eigenvalue weighted by atomic mass is 10.1. The van der Waals surface area contributed by atoms with E-state index in [2.05, 4.69) is 74.4 Å². The van der Waals surface area contributed by atoms with Crippen molar-refractivity contribution in [2.24, 2.45) is 5.10 Å². The van der Waals surface area contributed by atoms with Crippen molar-refractivity contribution < 1.29 is 4.74 Å². The molecule has 40 heavy (non-hydrogen) atoms. The zero-order valence-electron chi connectivity index (χ0n) is 23.3. The monoisotopic (exact) mass is 538 g/mol. The van der Waals surface area contributed by atoms with E-state index in [4.69, 9.17) is 19.7 Å². The summed E-state index contributed by atoms with van der Waals surface area (Å²) in [6.07, 6.45) is 11.2. The van der Waals surface area contributed by atoms with Crippen molar-refractivity contribution in [3.05, 3.63) is 65.9 Å². The number of anilines is 3. The smallest absolute Gasteiger partial charge is 0.250 e. The Labute approximate surface area is 235 Å². The molecule has 9 nitrogen and oxygen atoms in total. The van der Waals surface area contributed by atoms with Crippen molar-refractivity contribution in [3.63, 3.8) is 0 Å². The molecule has 4 heterocycles. The van der Waals surface area contributed by atoms with Crippen LogP contribution in [0.5, 0.6) is 5.75 Å². The molecule has 0 atom stereocenters. The number of benzene rings is 2. The first-order chi connectivity index (χ1) is 19.7. The maximum Gasteiger partial charge on any atom is 0.250 e. The highest BCUT2D eigenvalue weighted by molar-refractivity contribution is 5.99. The van der Waals surface area contributed by atoms with E-state index in [0.29, 0.717) is 12.6 Å². The standard InChI is InChI=1S/C31H38N8O/c1-24-11-10-12-26(21-24)40-20-19-39-23-25(27-13-4-5-14-28(27)39)22-32-36-29-33-30(37-15-6-2-7-16-37)35-31(34-29)38-17-8-3-9-18-38/h4-5,10-14,21-23H,2-3,6-9,15-20H2,1H3,(H,33,34,35,36)/b32-22+. The minimum absolute atomic E-state index is 0.489. The van der Waals surface area contributed by atoms with Crippen LogP contribution in [-0.4, -0.2) is 58.5 Å². The van der Waals surface area contributed by atoms with Crippen molar-refractivity contribution in [2.45, 2.75) is 52.0 Å². The number of ether oxygens (including phenoxy) is 1. The first-order valence-corrected chi connectivity index (χ1v) is 14.6. The second-order valence-corrected chi connectivity index (χ2v) is 10.7. The molecular weight excluding hydrogens is 500 g/mol. The molecule has 0 saturated carbocycles. The summed E-state index contributed by atoms with van der Waals surface area (Å²) in [6, 6.07) is 16.5. The quantitative estimate of drug-likeness (QED) is 0.218. The lowest BCUT2D eigenvalue weighted by Crippen LogP contribution is -2.34. The topological polar surface area (TPSA) is 83.7 Å². The first kappa shape index (κ1) is 26.1. The Balaban J connectivity index is 1.19. The number of hydrazone groups is 1. The van der Waals surface area contributed by atoms with Gasteiger partial charge in [0.05, 0.1) is 12.8 Å². The molecule has 2 fully saturated rings. The van der Waals surface area contributed by atoms with Crippen molar-refractivity contribution in [3.8, 4) is 5.75 Å². The number of hydrogen-bond donors (Lipinski definition) is 1. The summed E-state index contributed by atoms with van der Waals surface area (Å²) in [5.41, 5.74) is 6.49. The second kappa shape index (κ2) is 12.4.